The Hall–Kier alpha value is -0.830. The van der Waals surface area contributed by atoms with Crippen molar-refractivity contribution in [1.29, 1.82) is 0 Å². The summed E-state index contributed by atoms with van der Waals surface area (Å²) in [5, 5.41) is 3.42. The molecule has 0 bridgehead atoms. The zero-order valence-corrected chi connectivity index (χ0v) is 8.33. The molecule has 0 aromatic carbocycles. The van der Waals surface area contributed by atoms with E-state index in [2.05, 4.69) is 28.8 Å². The summed E-state index contributed by atoms with van der Waals surface area (Å²) < 4.78 is 2.15. The third kappa shape index (κ3) is 1.61. The molecule has 0 aliphatic carbocycles. The van der Waals surface area contributed by atoms with Crippen LogP contribution in [0.2, 0.25) is 0 Å². The molecule has 3 nitrogen and oxygen atoms in total. The molecule has 2 atom stereocenters. The zero-order valence-electron chi connectivity index (χ0n) is 8.33. The fourth-order valence-electron chi connectivity index (χ4n) is 2.18. The van der Waals surface area contributed by atoms with Crippen molar-refractivity contribution in [1.82, 2.24) is 14.9 Å². The molecular weight excluding hydrogens is 162 g/mol. The molecule has 0 saturated carbocycles. The average molecular weight is 179 g/mol. The molecule has 13 heavy (non-hydrogen) atoms. The van der Waals surface area contributed by atoms with Gasteiger partial charge in [-0.3, -0.25) is 0 Å². The molecule has 1 fully saturated rings. The maximum Gasteiger partial charge on any atom is 0.0945 e. The van der Waals surface area contributed by atoms with Gasteiger partial charge in [0.25, 0.3) is 0 Å². The predicted octanol–water partition coefficient (Wildman–Crippen LogP) is 1.13. The maximum absolute atomic E-state index is 4.17. The number of rotatable bonds is 1. The van der Waals surface area contributed by atoms with Gasteiger partial charge in [0.2, 0.25) is 0 Å². The largest absolute Gasteiger partial charge is 0.337 e. The molecule has 2 heterocycles. The Morgan fingerprint density at radius 3 is 3.08 bits per heavy atom. The number of hydrogen-bond donors (Lipinski definition) is 1. The maximum atomic E-state index is 4.17. The first-order chi connectivity index (χ1) is 6.29. The Bertz CT molecular complexity index is 279. The van der Waals surface area contributed by atoms with Crippen molar-refractivity contribution in [2.24, 2.45) is 13.0 Å². The number of nitrogens with zero attached hydrogens (tertiary/aromatic N) is 2. The minimum Gasteiger partial charge on any atom is -0.337 e. The van der Waals surface area contributed by atoms with Crippen LogP contribution < -0.4 is 5.32 Å². The molecule has 0 radical (unpaired) electrons. The number of aryl methyl sites for hydroxylation is 1. The molecule has 1 saturated heterocycles. The molecular formula is C10H17N3. The number of aromatic nitrogens is 2. The van der Waals surface area contributed by atoms with Gasteiger partial charge in [-0.25, -0.2) is 4.98 Å². The summed E-state index contributed by atoms with van der Waals surface area (Å²) in [7, 11) is 2.08. The van der Waals surface area contributed by atoms with Gasteiger partial charge in [0.1, 0.15) is 0 Å². The number of piperidine rings is 1. The second-order valence-electron chi connectivity index (χ2n) is 4.01. The van der Waals surface area contributed by atoms with E-state index >= 15 is 0 Å². The molecule has 72 valence electrons. The van der Waals surface area contributed by atoms with Gasteiger partial charge >= 0.3 is 0 Å². The zero-order chi connectivity index (χ0) is 9.26. The minimum atomic E-state index is 0.689. The molecule has 1 N–H and O–H groups in total. The van der Waals surface area contributed by atoms with Crippen LogP contribution in [0.25, 0.3) is 0 Å². The van der Waals surface area contributed by atoms with Gasteiger partial charge in [0.15, 0.2) is 0 Å². The second kappa shape index (κ2) is 3.50. The standard InChI is InChI=1S/C10H17N3/c1-8-5-11-4-3-9(8)10-6-12-7-13(10)2/h6-9,11H,3-5H2,1-2H3. The van der Waals surface area contributed by atoms with Crippen LogP contribution in [0.1, 0.15) is 25.0 Å². The van der Waals surface area contributed by atoms with Crippen LogP contribution in [0.3, 0.4) is 0 Å². The number of nitrogens with one attached hydrogen (secondary N) is 1. The lowest BCUT2D eigenvalue weighted by Gasteiger charge is -2.29. The van der Waals surface area contributed by atoms with Crippen LogP contribution >= 0.6 is 0 Å². The minimum absolute atomic E-state index is 0.689. The molecule has 1 aromatic heterocycles. The van der Waals surface area contributed by atoms with Gasteiger partial charge in [-0.15, -0.1) is 0 Å². The summed E-state index contributed by atoms with van der Waals surface area (Å²) >= 11 is 0. The van der Waals surface area contributed by atoms with E-state index in [4.69, 9.17) is 0 Å². The Morgan fingerprint density at radius 1 is 1.62 bits per heavy atom. The Balaban J connectivity index is 2.19. The first-order valence-electron chi connectivity index (χ1n) is 4.96. The second-order valence-corrected chi connectivity index (χ2v) is 4.01. The van der Waals surface area contributed by atoms with Gasteiger partial charge in [-0.05, 0) is 25.4 Å². The summed E-state index contributed by atoms with van der Waals surface area (Å²) in [6.07, 6.45) is 5.14. The molecule has 1 aliphatic rings. The van der Waals surface area contributed by atoms with E-state index in [0.29, 0.717) is 5.92 Å². The molecule has 0 spiro atoms. The van der Waals surface area contributed by atoms with E-state index in [1.54, 1.807) is 0 Å². The predicted molar refractivity (Wildman–Crippen MR) is 52.6 cm³/mol. The van der Waals surface area contributed by atoms with Crippen molar-refractivity contribution >= 4 is 0 Å². The molecule has 1 aliphatic heterocycles. The topological polar surface area (TPSA) is 29.9 Å². The van der Waals surface area contributed by atoms with Crippen molar-refractivity contribution < 1.29 is 0 Å². The highest BCUT2D eigenvalue weighted by atomic mass is 15.0. The molecule has 3 heteroatoms. The fraction of sp³-hybridized carbons (Fsp3) is 0.700. The van der Waals surface area contributed by atoms with Crippen molar-refractivity contribution in [3.63, 3.8) is 0 Å². The molecule has 1 aromatic rings. The Labute approximate surface area is 79.2 Å². The van der Waals surface area contributed by atoms with Gasteiger partial charge in [0, 0.05) is 24.9 Å². The van der Waals surface area contributed by atoms with E-state index in [1.807, 2.05) is 12.5 Å². The van der Waals surface area contributed by atoms with Crippen LogP contribution in [-0.4, -0.2) is 22.6 Å². The van der Waals surface area contributed by atoms with Gasteiger partial charge in [-0.1, -0.05) is 6.92 Å². The summed E-state index contributed by atoms with van der Waals surface area (Å²) in [4.78, 5) is 4.17. The highest BCUT2D eigenvalue weighted by Crippen LogP contribution is 2.28. The third-order valence-electron chi connectivity index (χ3n) is 3.02. The molecule has 2 unspecified atom stereocenters. The lowest BCUT2D eigenvalue weighted by atomic mass is 9.85. The first-order valence-corrected chi connectivity index (χ1v) is 4.96. The van der Waals surface area contributed by atoms with Gasteiger partial charge in [-0.2, -0.15) is 0 Å². The normalized spacial score (nSPS) is 29.1. The van der Waals surface area contributed by atoms with E-state index in [1.165, 1.54) is 12.1 Å². The smallest absolute Gasteiger partial charge is 0.0945 e. The lowest BCUT2D eigenvalue weighted by Crippen LogP contribution is -2.34. The van der Waals surface area contributed by atoms with Crippen LogP contribution in [0.4, 0.5) is 0 Å². The van der Waals surface area contributed by atoms with Crippen molar-refractivity contribution in [2.45, 2.75) is 19.3 Å². The van der Waals surface area contributed by atoms with E-state index in [0.717, 1.165) is 19.0 Å². The molecule has 2 rings (SSSR count). The van der Waals surface area contributed by atoms with Crippen molar-refractivity contribution in [3.8, 4) is 0 Å². The summed E-state index contributed by atoms with van der Waals surface area (Å²) in [5.41, 5.74) is 1.38. The SMILES string of the molecule is CC1CNCCC1c1cncn1C. The number of hydrogen-bond acceptors (Lipinski definition) is 2. The van der Waals surface area contributed by atoms with Gasteiger partial charge in [0.05, 0.1) is 6.33 Å². The van der Waals surface area contributed by atoms with E-state index < -0.39 is 0 Å². The number of imidazole rings is 1. The molecule has 0 amide bonds. The Kier molecular flexibility index (Phi) is 2.36. The summed E-state index contributed by atoms with van der Waals surface area (Å²) in [6, 6.07) is 0. The highest BCUT2D eigenvalue weighted by Gasteiger charge is 2.24. The fourth-order valence-corrected chi connectivity index (χ4v) is 2.18. The summed E-state index contributed by atoms with van der Waals surface area (Å²) in [6.45, 7) is 4.58. The van der Waals surface area contributed by atoms with Gasteiger partial charge < -0.3 is 9.88 Å². The van der Waals surface area contributed by atoms with E-state index in [-0.39, 0.29) is 0 Å². The third-order valence-corrected chi connectivity index (χ3v) is 3.02. The van der Waals surface area contributed by atoms with E-state index in [9.17, 15) is 0 Å². The Morgan fingerprint density at radius 2 is 2.46 bits per heavy atom. The van der Waals surface area contributed by atoms with Crippen LogP contribution in [0.5, 0.6) is 0 Å². The lowest BCUT2D eigenvalue weighted by molar-refractivity contribution is 0.339. The quantitative estimate of drug-likeness (QED) is 0.700. The summed E-state index contributed by atoms with van der Waals surface area (Å²) in [5.74, 6) is 1.41. The van der Waals surface area contributed by atoms with Crippen LogP contribution in [-0.2, 0) is 7.05 Å². The van der Waals surface area contributed by atoms with Crippen molar-refractivity contribution in [3.05, 3.63) is 18.2 Å². The van der Waals surface area contributed by atoms with Crippen molar-refractivity contribution in [2.75, 3.05) is 13.1 Å². The first kappa shape index (κ1) is 8.75. The van der Waals surface area contributed by atoms with Crippen LogP contribution in [0.15, 0.2) is 12.5 Å². The highest BCUT2D eigenvalue weighted by molar-refractivity contribution is 5.08. The van der Waals surface area contributed by atoms with Crippen LogP contribution in [0, 0.1) is 5.92 Å². The monoisotopic (exact) mass is 179 g/mol. The average Bonchev–Trinajstić information content (AvgIpc) is 2.52.